The first-order valence-corrected chi connectivity index (χ1v) is 8.49. The van der Waals surface area contributed by atoms with Crippen LogP contribution in [-0.4, -0.2) is 32.5 Å². The van der Waals surface area contributed by atoms with Gasteiger partial charge in [-0.1, -0.05) is 12.5 Å². The van der Waals surface area contributed by atoms with E-state index < -0.39 is 32.8 Å². The monoisotopic (exact) mass is 303 g/mol. The van der Waals surface area contributed by atoms with E-state index >= 15 is 0 Å². The van der Waals surface area contributed by atoms with E-state index in [0.29, 0.717) is 12.8 Å². The lowest BCUT2D eigenvalue weighted by molar-refractivity contribution is 0.442. The molecule has 112 valence electrons. The minimum atomic E-state index is -3.19. The van der Waals surface area contributed by atoms with Crippen molar-refractivity contribution < 1.29 is 17.2 Å². The lowest BCUT2D eigenvalue weighted by Gasteiger charge is -2.30. The first kappa shape index (κ1) is 15.4. The van der Waals surface area contributed by atoms with Crippen molar-refractivity contribution in [2.24, 2.45) is 0 Å². The summed E-state index contributed by atoms with van der Waals surface area (Å²) < 4.78 is 51.6. The second-order valence-corrected chi connectivity index (χ2v) is 7.54. The molecule has 1 fully saturated rings. The summed E-state index contributed by atoms with van der Waals surface area (Å²) in [6, 6.07) is 3.23. The predicted molar refractivity (Wildman–Crippen MR) is 74.3 cm³/mol. The second kappa shape index (κ2) is 6.18. The summed E-state index contributed by atoms with van der Waals surface area (Å²) in [5, 5.41) is 2.35. The Labute approximate surface area is 118 Å². The lowest BCUT2D eigenvalue weighted by atomic mass is 9.99. The van der Waals surface area contributed by atoms with Gasteiger partial charge >= 0.3 is 0 Å². The van der Waals surface area contributed by atoms with E-state index in [4.69, 9.17) is 0 Å². The van der Waals surface area contributed by atoms with E-state index in [0.717, 1.165) is 6.42 Å². The third-order valence-corrected chi connectivity index (χ3v) is 6.28. The van der Waals surface area contributed by atoms with Crippen LogP contribution in [0.4, 0.5) is 8.78 Å². The van der Waals surface area contributed by atoms with Crippen molar-refractivity contribution in [3.8, 4) is 0 Å². The molecule has 2 atom stereocenters. The maximum absolute atomic E-state index is 13.7. The van der Waals surface area contributed by atoms with Crippen LogP contribution in [0.3, 0.4) is 0 Å². The third-order valence-electron chi connectivity index (χ3n) is 3.93. The molecular weight excluding hydrogens is 284 g/mol. The van der Waals surface area contributed by atoms with Crippen molar-refractivity contribution in [1.82, 2.24) is 5.32 Å². The van der Waals surface area contributed by atoms with Crippen LogP contribution in [-0.2, 0) is 16.3 Å². The number of hydrogen-bond acceptors (Lipinski definition) is 3. The summed E-state index contributed by atoms with van der Waals surface area (Å²) in [7, 11) is -1.56. The van der Waals surface area contributed by atoms with Gasteiger partial charge in [-0.3, -0.25) is 0 Å². The zero-order valence-electron chi connectivity index (χ0n) is 11.4. The van der Waals surface area contributed by atoms with Crippen molar-refractivity contribution >= 4 is 9.84 Å². The Kier molecular flexibility index (Phi) is 4.75. The van der Waals surface area contributed by atoms with E-state index in [1.807, 2.05) is 0 Å². The van der Waals surface area contributed by atoms with Crippen LogP contribution in [0.5, 0.6) is 0 Å². The summed E-state index contributed by atoms with van der Waals surface area (Å²) in [5.41, 5.74) is -0.0485. The SMILES string of the molecule is CNC(Cc1c(F)cccc1F)C1CCCCS1(=O)=O. The van der Waals surface area contributed by atoms with Gasteiger partial charge in [-0.05, 0) is 38.4 Å². The maximum Gasteiger partial charge on any atom is 0.154 e. The summed E-state index contributed by atoms with van der Waals surface area (Å²) in [5.74, 6) is -1.09. The average molecular weight is 303 g/mol. The van der Waals surface area contributed by atoms with E-state index in [2.05, 4.69) is 5.32 Å². The fourth-order valence-electron chi connectivity index (χ4n) is 2.80. The summed E-state index contributed by atoms with van der Waals surface area (Å²) >= 11 is 0. The summed E-state index contributed by atoms with van der Waals surface area (Å²) in [4.78, 5) is 0. The van der Waals surface area contributed by atoms with Gasteiger partial charge in [0.05, 0.1) is 11.0 Å². The third kappa shape index (κ3) is 3.17. The van der Waals surface area contributed by atoms with Crippen LogP contribution in [0, 0.1) is 11.6 Å². The molecule has 2 unspecified atom stereocenters. The van der Waals surface area contributed by atoms with Gasteiger partial charge in [-0.15, -0.1) is 0 Å². The highest BCUT2D eigenvalue weighted by Crippen LogP contribution is 2.25. The molecule has 0 saturated carbocycles. The van der Waals surface area contributed by atoms with Crippen LogP contribution >= 0.6 is 0 Å². The molecule has 0 spiro atoms. The number of nitrogens with one attached hydrogen (secondary N) is 1. The maximum atomic E-state index is 13.7. The Hall–Kier alpha value is -1.01. The number of rotatable bonds is 4. The van der Waals surface area contributed by atoms with Gasteiger partial charge in [-0.2, -0.15) is 0 Å². The van der Waals surface area contributed by atoms with Crippen molar-refractivity contribution in [2.75, 3.05) is 12.8 Å². The molecule has 1 aromatic rings. The Morgan fingerprint density at radius 1 is 1.30 bits per heavy atom. The zero-order valence-corrected chi connectivity index (χ0v) is 12.2. The van der Waals surface area contributed by atoms with Crippen molar-refractivity contribution in [1.29, 1.82) is 0 Å². The standard InChI is InChI=1S/C14H19F2NO2S/c1-17-13(14-7-2-3-8-20(14,18)19)9-10-11(15)5-4-6-12(10)16/h4-6,13-14,17H,2-3,7-9H2,1H3. The molecule has 0 aliphatic carbocycles. The zero-order chi connectivity index (χ0) is 14.8. The first-order valence-electron chi connectivity index (χ1n) is 6.77. The van der Waals surface area contributed by atoms with Crippen molar-refractivity contribution in [3.05, 3.63) is 35.4 Å². The van der Waals surface area contributed by atoms with Gasteiger partial charge in [-0.25, -0.2) is 17.2 Å². The quantitative estimate of drug-likeness (QED) is 0.926. The average Bonchev–Trinajstić information content (AvgIpc) is 2.39. The number of likely N-dealkylation sites (N-methyl/N-ethyl adjacent to an activating group) is 1. The van der Waals surface area contributed by atoms with E-state index in [9.17, 15) is 17.2 Å². The highest BCUT2D eigenvalue weighted by molar-refractivity contribution is 7.92. The van der Waals surface area contributed by atoms with Gasteiger partial charge in [0.15, 0.2) is 9.84 Å². The molecule has 1 aromatic carbocycles. The molecule has 3 nitrogen and oxygen atoms in total. The topological polar surface area (TPSA) is 46.2 Å². The number of halogens is 2. The minimum Gasteiger partial charge on any atom is -0.315 e. The fourth-order valence-corrected chi connectivity index (χ4v) is 4.97. The van der Waals surface area contributed by atoms with Gasteiger partial charge in [0, 0.05) is 11.6 Å². The van der Waals surface area contributed by atoms with E-state index in [1.165, 1.54) is 18.2 Å². The molecule has 0 bridgehead atoms. The van der Waals surface area contributed by atoms with Crippen LogP contribution in [0.2, 0.25) is 0 Å². The van der Waals surface area contributed by atoms with Gasteiger partial charge in [0.25, 0.3) is 0 Å². The molecule has 0 radical (unpaired) electrons. The molecule has 0 amide bonds. The molecule has 20 heavy (non-hydrogen) atoms. The van der Waals surface area contributed by atoms with Gasteiger partial charge in [0.1, 0.15) is 11.6 Å². The highest BCUT2D eigenvalue weighted by Gasteiger charge is 2.35. The number of sulfone groups is 1. The van der Waals surface area contributed by atoms with Crippen LogP contribution in [0.15, 0.2) is 18.2 Å². The van der Waals surface area contributed by atoms with E-state index in [1.54, 1.807) is 7.05 Å². The van der Waals surface area contributed by atoms with Crippen LogP contribution in [0.1, 0.15) is 24.8 Å². The fraction of sp³-hybridized carbons (Fsp3) is 0.571. The molecule has 2 rings (SSSR count). The molecule has 1 aliphatic rings. The molecule has 6 heteroatoms. The van der Waals surface area contributed by atoms with Crippen molar-refractivity contribution in [2.45, 2.75) is 37.0 Å². The Balaban J connectivity index is 2.25. The molecule has 0 aromatic heterocycles. The van der Waals surface area contributed by atoms with Crippen LogP contribution < -0.4 is 5.32 Å². The molecular formula is C14H19F2NO2S. The predicted octanol–water partition coefficient (Wildman–Crippen LogP) is 2.06. The van der Waals surface area contributed by atoms with Crippen molar-refractivity contribution in [3.63, 3.8) is 0 Å². The summed E-state index contributed by atoms with van der Waals surface area (Å²) in [6.45, 7) is 0. The molecule has 1 N–H and O–H groups in total. The first-order chi connectivity index (χ1) is 9.45. The second-order valence-electron chi connectivity index (χ2n) is 5.20. The molecule has 1 heterocycles. The minimum absolute atomic E-state index is 0.0406. The number of benzene rings is 1. The Morgan fingerprint density at radius 3 is 2.50 bits per heavy atom. The van der Waals surface area contributed by atoms with Gasteiger partial charge in [0.2, 0.25) is 0 Å². The summed E-state index contributed by atoms with van der Waals surface area (Å²) in [6.07, 6.45) is 2.09. The van der Waals surface area contributed by atoms with Crippen LogP contribution in [0.25, 0.3) is 0 Å². The normalized spacial score (nSPS) is 23.4. The van der Waals surface area contributed by atoms with Gasteiger partial charge < -0.3 is 5.32 Å². The Morgan fingerprint density at radius 2 is 1.95 bits per heavy atom. The smallest absolute Gasteiger partial charge is 0.154 e. The Bertz CT molecular complexity index is 554. The number of hydrogen-bond donors (Lipinski definition) is 1. The van der Waals surface area contributed by atoms with E-state index in [-0.39, 0.29) is 17.7 Å². The molecule has 1 saturated heterocycles. The largest absolute Gasteiger partial charge is 0.315 e. The lowest BCUT2D eigenvalue weighted by Crippen LogP contribution is -2.46. The molecule has 1 aliphatic heterocycles. The highest BCUT2D eigenvalue weighted by atomic mass is 32.2.